The van der Waals surface area contributed by atoms with Gasteiger partial charge in [0, 0.05) is 6.42 Å². The maximum absolute atomic E-state index is 10.3. The van der Waals surface area contributed by atoms with Crippen LogP contribution in [0.5, 0.6) is 0 Å². The van der Waals surface area contributed by atoms with Gasteiger partial charge in [0.1, 0.15) is 0 Å². The number of unbranched alkanes of at least 4 members (excludes halogenated alkanes) is 1. The molecule has 0 aliphatic rings. The van der Waals surface area contributed by atoms with Crippen LogP contribution in [-0.2, 0) is 4.79 Å². The number of carboxylic acids is 1. The van der Waals surface area contributed by atoms with E-state index in [0.29, 0.717) is 12.3 Å². The number of hydrogen-bond donors (Lipinski definition) is 1. The van der Waals surface area contributed by atoms with E-state index in [4.69, 9.17) is 5.11 Å². The number of rotatable bonds is 7. The molecule has 0 saturated heterocycles. The Kier molecular flexibility index (Phi) is 6.60. The molecule has 0 aromatic heterocycles. The molecule has 0 saturated carbocycles. The SMILES string of the molecule is CC(C)C(C)C(C)CCCCC(=O)O. The highest BCUT2D eigenvalue weighted by molar-refractivity contribution is 5.66. The average molecular weight is 200 g/mol. The zero-order chi connectivity index (χ0) is 11.1. The maximum atomic E-state index is 10.3. The highest BCUT2D eigenvalue weighted by Gasteiger charge is 2.15. The van der Waals surface area contributed by atoms with Gasteiger partial charge in [-0.2, -0.15) is 0 Å². The van der Waals surface area contributed by atoms with E-state index in [2.05, 4.69) is 27.7 Å². The number of hydrogen-bond acceptors (Lipinski definition) is 1. The summed E-state index contributed by atoms with van der Waals surface area (Å²) >= 11 is 0. The molecule has 14 heavy (non-hydrogen) atoms. The van der Waals surface area contributed by atoms with Crippen molar-refractivity contribution in [3.8, 4) is 0 Å². The number of aliphatic carboxylic acids is 1. The molecule has 1 N–H and O–H groups in total. The van der Waals surface area contributed by atoms with Gasteiger partial charge in [-0.25, -0.2) is 0 Å². The van der Waals surface area contributed by atoms with Crippen molar-refractivity contribution < 1.29 is 9.90 Å². The third-order valence-electron chi connectivity index (χ3n) is 3.25. The van der Waals surface area contributed by atoms with Gasteiger partial charge >= 0.3 is 5.97 Å². The zero-order valence-corrected chi connectivity index (χ0v) is 9.92. The van der Waals surface area contributed by atoms with Gasteiger partial charge in [0.05, 0.1) is 0 Å². The smallest absolute Gasteiger partial charge is 0.303 e. The van der Waals surface area contributed by atoms with Gasteiger partial charge in [0.15, 0.2) is 0 Å². The van der Waals surface area contributed by atoms with Crippen LogP contribution in [0, 0.1) is 17.8 Å². The molecule has 0 aliphatic heterocycles. The summed E-state index contributed by atoms with van der Waals surface area (Å²) in [5, 5.41) is 8.48. The molecule has 2 atom stereocenters. The fourth-order valence-electron chi connectivity index (χ4n) is 1.66. The lowest BCUT2D eigenvalue weighted by Gasteiger charge is -2.23. The lowest BCUT2D eigenvalue weighted by Crippen LogP contribution is -2.14. The van der Waals surface area contributed by atoms with E-state index in [-0.39, 0.29) is 0 Å². The van der Waals surface area contributed by atoms with Crippen LogP contribution in [-0.4, -0.2) is 11.1 Å². The van der Waals surface area contributed by atoms with E-state index in [1.165, 1.54) is 0 Å². The Balaban J connectivity index is 3.53. The molecular weight excluding hydrogens is 176 g/mol. The monoisotopic (exact) mass is 200 g/mol. The molecule has 0 fully saturated rings. The molecule has 0 spiro atoms. The maximum Gasteiger partial charge on any atom is 0.303 e. The summed E-state index contributed by atoms with van der Waals surface area (Å²) in [6.45, 7) is 9.05. The molecule has 0 amide bonds. The van der Waals surface area contributed by atoms with Gasteiger partial charge in [0.25, 0.3) is 0 Å². The first-order valence-electron chi connectivity index (χ1n) is 5.67. The Labute approximate surface area is 87.7 Å². The molecule has 2 unspecified atom stereocenters. The Morgan fingerprint density at radius 1 is 1.14 bits per heavy atom. The third kappa shape index (κ3) is 6.01. The van der Waals surface area contributed by atoms with E-state index in [1.807, 2.05) is 0 Å². The molecular formula is C12H24O2. The van der Waals surface area contributed by atoms with Crippen LogP contribution in [0.2, 0.25) is 0 Å². The van der Waals surface area contributed by atoms with Crippen LogP contribution in [0.4, 0.5) is 0 Å². The van der Waals surface area contributed by atoms with E-state index in [9.17, 15) is 4.79 Å². The summed E-state index contributed by atoms with van der Waals surface area (Å²) < 4.78 is 0. The molecule has 2 nitrogen and oxygen atoms in total. The number of carboxylic acid groups (broad SMARTS) is 1. The first kappa shape index (κ1) is 13.5. The quantitative estimate of drug-likeness (QED) is 0.638. The van der Waals surface area contributed by atoms with Gasteiger partial charge < -0.3 is 5.11 Å². The van der Waals surface area contributed by atoms with E-state index >= 15 is 0 Å². The summed E-state index contributed by atoms with van der Waals surface area (Å²) in [7, 11) is 0. The van der Waals surface area contributed by atoms with Gasteiger partial charge in [-0.05, 0) is 24.2 Å². The van der Waals surface area contributed by atoms with Crippen molar-refractivity contribution in [2.45, 2.75) is 53.4 Å². The summed E-state index contributed by atoms with van der Waals surface area (Å²) in [4.78, 5) is 10.3. The average Bonchev–Trinajstić information content (AvgIpc) is 2.10. The van der Waals surface area contributed by atoms with Crippen LogP contribution in [0.3, 0.4) is 0 Å². The topological polar surface area (TPSA) is 37.3 Å². The standard InChI is InChI=1S/C12H24O2/c1-9(2)11(4)10(3)7-5-6-8-12(13)14/h9-11H,5-8H2,1-4H3,(H,13,14). The van der Waals surface area contributed by atoms with Crippen molar-refractivity contribution in [3.63, 3.8) is 0 Å². The van der Waals surface area contributed by atoms with Crippen LogP contribution < -0.4 is 0 Å². The second-order valence-corrected chi connectivity index (χ2v) is 4.72. The largest absolute Gasteiger partial charge is 0.481 e. The van der Waals surface area contributed by atoms with Crippen LogP contribution in [0.15, 0.2) is 0 Å². The van der Waals surface area contributed by atoms with E-state index < -0.39 is 5.97 Å². The van der Waals surface area contributed by atoms with Gasteiger partial charge in [-0.15, -0.1) is 0 Å². The summed E-state index contributed by atoms with van der Waals surface area (Å²) in [5.74, 6) is 1.50. The fraction of sp³-hybridized carbons (Fsp3) is 0.917. The zero-order valence-electron chi connectivity index (χ0n) is 9.92. The van der Waals surface area contributed by atoms with Crippen LogP contribution in [0.1, 0.15) is 53.4 Å². The summed E-state index contributed by atoms with van der Waals surface area (Å²) in [6, 6.07) is 0. The highest BCUT2D eigenvalue weighted by atomic mass is 16.4. The first-order valence-corrected chi connectivity index (χ1v) is 5.67. The minimum atomic E-state index is -0.672. The molecule has 0 aromatic rings. The molecule has 84 valence electrons. The molecule has 0 rings (SSSR count). The van der Waals surface area contributed by atoms with Crippen LogP contribution in [0.25, 0.3) is 0 Å². The normalized spacial score (nSPS) is 15.5. The third-order valence-corrected chi connectivity index (χ3v) is 3.25. The van der Waals surface area contributed by atoms with Crippen molar-refractivity contribution in [2.75, 3.05) is 0 Å². The Hall–Kier alpha value is -0.530. The number of carbonyl (C=O) groups is 1. The van der Waals surface area contributed by atoms with Crippen molar-refractivity contribution in [2.24, 2.45) is 17.8 Å². The predicted octanol–water partition coefficient (Wildman–Crippen LogP) is 3.56. The van der Waals surface area contributed by atoms with Crippen molar-refractivity contribution >= 4 is 5.97 Å². The Bertz CT molecular complexity index is 164. The lowest BCUT2D eigenvalue weighted by molar-refractivity contribution is -0.137. The fourth-order valence-corrected chi connectivity index (χ4v) is 1.66. The molecule has 0 aliphatic carbocycles. The Morgan fingerprint density at radius 3 is 2.14 bits per heavy atom. The van der Waals surface area contributed by atoms with Crippen molar-refractivity contribution in [1.82, 2.24) is 0 Å². The van der Waals surface area contributed by atoms with Gasteiger partial charge in [0.2, 0.25) is 0 Å². The minimum Gasteiger partial charge on any atom is -0.481 e. The predicted molar refractivity (Wildman–Crippen MR) is 59.3 cm³/mol. The van der Waals surface area contributed by atoms with Gasteiger partial charge in [-0.3, -0.25) is 4.79 Å². The summed E-state index contributed by atoms with van der Waals surface area (Å²) in [6.07, 6.45) is 3.35. The highest BCUT2D eigenvalue weighted by Crippen LogP contribution is 2.24. The molecule has 0 aromatic carbocycles. The second kappa shape index (κ2) is 6.86. The van der Waals surface area contributed by atoms with E-state index in [1.54, 1.807) is 0 Å². The molecule has 0 heterocycles. The van der Waals surface area contributed by atoms with Crippen molar-refractivity contribution in [3.05, 3.63) is 0 Å². The molecule has 0 radical (unpaired) electrons. The first-order chi connectivity index (χ1) is 6.45. The van der Waals surface area contributed by atoms with Crippen LogP contribution >= 0.6 is 0 Å². The summed E-state index contributed by atoms with van der Waals surface area (Å²) in [5.41, 5.74) is 0. The molecule has 0 bridgehead atoms. The van der Waals surface area contributed by atoms with Crippen molar-refractivity contribution in [1.29, 1.82) is 0 Å². The Morgan fingerprint density at radius 2 is 1.71 bits per heavy atom. The second-order valence-electron chi connectivity index (χ2n) is 4.72. The minimum absolute atomic E-state index is 0.322. The lowest BCUT2D eigenvalue weighted by atomic mass is 9.83. The van der Waals surface area contributed by atoms with E-state index in [0.717, 1.165) is 31.1 Å². The van der Waals surface area contributed by atoms with Gasteiger partial charge in [-0.1, -0.05) is 40.5 Å². The molecule has 2 heteroatoms.